The summed E-state index contributed by atoms with van der Waals surface area (Å²) in [5.41, 5.74) is 6.42. The Labute approximate surface area is 299 Å². The molecule has 0 aliphatic heterocycles. The molecule has 0 radical (unpaired) electrons. The zero-order valence-corrected chi connectivity index (χ0v) is 27.3. The number of benzene rings is 7. The van der Waals surface area contributed by atoms with Gasteiger partial charge >= 0.3 is 0 Å². The van der Waals surface area contributed by atoms with E-state index in [0.29, 0.717) is 39.3 Å². The van der Waals surface area contributed by atoms with E-state index in [-0.39, 0.29) is 30.2 Å². The van der Waals surface area contributed by atoms with Crippen LogP contribution in [0.3, 0.4) is 0 Å². The van der Waals surface area contributed by atoms with Crippen molar-refractivity contribution < 1.29 is 6.85 Å². The maximum absolute atomic E-state index is 8.97. The number of aromatic nitrogens is 4. The Morgan fingerprint density at radius 3 is 1.90 bits per heavy atom. The van der Waals surface area contributed by atoms with Gasteiger partial charge in [0.15, 0.2) is 17.5 Å². The van der Waals surface area contributed by atoms with Gasteiger partial charge in [0, 0.05) is 42.9 Å². The van der Waals surface area contributed by atoms with Crippen molar-refractivity contribution in [2.24, 2.45) is 0 Å². The van der Waals surface area contributed by atoms with Crippen molar-refractivity contribution in [3.8, 4) is 51.0 Å². The number of hydrogen-bond acceptors (Lipinski definition) is 4. The van der Waals surface area contributed by atoms with Crippen molar-refractivity contribution in [2.75, 3.05) is 0 Å². The quantitative estimate of drug-likeness (QED) is 0.184. The molecule has 0 spiro atoms. The van der Waals surface area contributed by atoms with Crippen molar-refractivity contribution in [3.63, 3.8) is 0 Å². The number of thiophene rings is 1. The number of nitrogens with zero attached hydrogens (tertiary/aromatic N) is 4. The first-order valence-electron chi connectivity index (χ1n) is 18.8. The van der Waals surface area contributed by atoms with Gasteiger partial charge in [0.25, 0.3) is 0 Å². The molecule has 0 aliphatic rings. The summed E-state index contributed by atoms with van der Waals surface area (Å²) < 4.78 is 47.4. The van der Waals surface area contributed by atoms with E-state index in [9.17, 15) is 0 Å². The first-order valence-corrected chi connectivity index (χ1v) is 17.1. The van der Waals surface area contributed by atoms with E-state index in [2.05, 4.69) is 42.5 Å². The summed E-state index contributed by atoms with van der Waals surface area (Å²) in [5, 5.41) is 3.06. The van der Waals surface area contributed by atoms with E-state index in [1.807, 2.05) is 83.4 Å². The van der Waals surface area contributed by atoms with E-state index in [1.54, 1.807) is 23.5 Å². The molecule has 50 heavy (non-hydrogen) atoms. The molecule has 5 heteroatoms. The molecule has 0 unspecified atom stereocenters. The molecule has 0 N–H and O–H groups in total. The van der Waals surface area contributed by atoms with E-state index in [0.717, 1.165) is 53.7 Å². The van der Waals surface area contributed by atoms with Crippen LogP contribution in [0.5, 0.6) is 0 Å². The lowest BCUT2D eigenvalue weighted by Crippen LogP contribution is -2.00. The van der Waals surface area contributed by atoms with Crippen LogP contribution in [0, 0.1) is 0 Å². The normalized spacial score (nSPS) is 13.0. The second-order valence-corrected chi connectivity index (χ2v) is 13.1. The van der Waals surface area contributed by atoms with Crippen molar-refractivity contribution >= 4 is 53.3 Å². The second kappa shape index (κ2) is 11.6. The molecule has 0 aliphatic carbocycles. The molecule has 3 heterocycles. The SMILES string of the molecule is [2H]c1cc([2H])c2c(c1[2H])c1ccc([2H])c([2H])c1n2-c1cccc2c1sc1cc(-c3nc(-c4ccccc4)nc(-c4cccc(-c5ccccc5)c4)n3)ccc12. The third kappa shape index (κ3) is 4.71. The van der Waals surface area contributed by atoms with Crippen LogP contribution in [0.1, 0.15) is 6.85 Å². The van der Waals surface area contributed by atoms with Crippen LogP contribution in [0.15, 0.2) is 170 Å². The van der Waals surface area contributed by atoms with Crippen LogP contribution in [0.2, 0.25) is 0 Å². The standard InChI is InChI=1S/C45H28N4S/c1-3-13-29(14-4-1)31-17-11-18-32(27-31)44-46-43(30-15-5-2-6-16-30)47-45(48-44)33-25-26-36-37-21-12-24-40(42(37)50-41(36)28-33)49-38-22-9-7-19-34(38)35-20-8-10-23-39(35)49/h1-28H/i7D,10D,19D,22D,23D. The predicted octanol–water partition coefficient (Wildman–Crippen LogP) is 12.0. The summed E-state index contributed by atoms with van der Waals surface area (Å²) in [6.45, 7) is 0. The molecule has 3 aromatic heterocycles. The van der Waals surface area contributed by atoms with Crippen LogP contribution in [-0.4, -0.2) is 19.5 Å². The monoisotopic (exact) mass is 661 g/mol. The minimum atomic E-state index is -0.0496. The molecule has 0 saturated carbocycles. The highest BCUT2D eigenvalue weighted by Gasteiger charge is 2.18. The zero-order chi connectivity index (χ0) is 37.4. The summed E-state index contributed by atoms with van der Waals surface area (Å²) in [5.74, 6) is 1.69. The molecule has 4 nitrogen and oxygen atoms in total. The fourth-order valence-corrected chi connectivity index (χ4v) is 7.99. The van der Waals surface area contributed by atoms with Gasteiger partial charge in [-0.2, -0.15) is 0 Å². The highest BCUT2D eigenvalue weighted by molar-refractivity contribution is 7.26. The highest BCUT2D eigenvalue weighted by atomic mass is 32.1. The van der Waals surface area contributed by atoms with E-state index < -0.39 is 0 Å². The molecule has 0 amide bonds. The fourth-order valence-electron chi connectivity index (χ4n) is 6.74. The number of hydrogen-bond donors (Lipinski definition) is 0. The number of para-hydroxylation sites is 2. The number of fused-ring (bicyclic) bond motifs is 6. The van der Waals surface area contributed by atoms with Gasteiger partial charge in [-0.25, -0.2) is 15.0 Å². The lowest BCUT2D eigenvalue weighted by atomic mass is 10.0. The molecule has 0 atom stereocenters. The van der Waals surface area contributed by atoms with Gasteiger partial charge < -0.3 is 4.57 Å². The van der Waals surface area contributed by atoms with Crippen LogP contribution in [0.4, 0.5) is 0 Å². The van der Waals surface area contributed by atoms with Crippen molar-refractivity contribution in [1.82, 2.24) is 19.5 Å². The predicted molar refractivity (Wildman–Crippen MR) is 209 cm³/mol. The summed E-state index contributed by atoms with van der Waals surface area (Å²) in [4.78, 5) is 15.0. The summed E-state index contributed by atoms with van der Waals surface area (Å²) >= 11 is 1.59. The minimum Gasteiger partial charge on any atom is -0.308 e. The zero-order valence-electron chi connectivity index (χ0n) is 31.5. The first-order chi connectivity index (χ1) is 26.8. The number of rotatable bonds is 5. The minimum absolute atomic E-state index is 0.00146. The van der Waals surface area contributed by atoms with E-state index >= 15 is 0 Å². The molecular weight excluding hydrogens is 629 g/mol. The van der Waals surface area contributed by atoms with Gasteiger partial charge in [-0.15, -0.1) is 11.3 Å². The molecule has 0 saturated heterocycles. The Morgan fingerprint density at radius 1 is 0.440 bits per heavy atom. The van der Waals surface area contributed by atoms with Crippen molar-refractivity contribution in [2.45, 2.75) is 0 Å². The highest BCUT2D eigenvalue weighted by Crippen LogP contribution is 2.42. The van der Waals surface area contributed by atoms with Gasteiger partial charge in [0.2, 0.25) is 0 Å². The molecular formula is C45H28N4S. The third-order valence-electron chi connectivity index (χ3n) is 9.08. The van der Waals surface area contributed by atoms with Gasteiger partial charge in [0.05, 0.1) is 28.3 Å². The smallest absolute Gasteiger partial charge is 0.164 e. The van der Waals surface area contributed by atoms with Crippen molar-refractivity contribution in [3.05, 3.63) is 170 Å². The van der Waals surface area contributed by atoms with Crippen LogP contribution in [0.25, 0.3) is 93.0 Å². The molecule has 234 valence electrons. The Balaban J connectivity index is 1.17. The fraction of sp³-hybridized carbons (Fsp3) is 0. The van der Waals surface area contributed by atoms with Crippen molar-refractivity contribution in [1.29, 1.82) is 0 Å². The van der Waals surface area contributed by atoms with Gasteiger partial charge in [-0.3, -0.25) is 0 Å². The van der Waals surface area contributed by atoms with E-state index in [1.165, 1.54) is 6.07 Å². The largest absolute Gasteiger partial charge is 0.308 e. The van der Waals surface area contributed by atoms with Gasteiger partial charge in [0.1, 0.15) is 0 Å². The lowest BCUT2D eigenvalue weighted by molar-refractivity contribution is 1.07. The maximum Gasteiger partial charge on any atom is 0.164 e. The summed E-state index contributed by atoms with van der Waals surface area (Å²) in [7, 11) is 0. The van der Waals surface area contributed by atoms with E-state index in [4.69, 9.17) is 21.8 Å². The molecule has 0 bridgehead atoms. The average Bonchev–Trinajstić information content (AvgIpc) is 3.78. The summed E-state index contributed by atoms with van der Waals surface area (Å²) in [6, 6.07) is 45.4. The average molecular weight is 662 g/mol. The van der Waals surface area contributed by atoms with Gasteiger partial charge in [-0.1, -0.05) is 139 Å². The Bertz CT molecular complexity index is 3160. The van der Waals surface area contributed by atoms with Crippen LogP contribution < -0.4 is 0 Å². The Kier molecular flexibility index (Phi) is 5.54. The third-order valence-corrected chi connectivity index (χ3v) is 10.3. The first kappa shape index (κ1) is 23.8. The Hall–Kier alpha value is -6.43. The van der Waals surface area contributed by atoms with Crippen LogP contribution >= 0.6 is 11.3 Å². The van der Waals surface area contributed by atoms with Crippen LogP contribution in [-0.2, 0) is 0 Å². The van der Waals surface area contributed by atoms with Gasteiger partial charge in [-0.05, 0) is 41.4 Å². The molecule has 0 fully saturated rings. The summed E-state index contributed by atoms with van der Waals surface area (Å²) in [6.07, 6.45) is 0. The molecule has 10 aromatic rings. The molecule has 7 aromatic carbocycles. The Morgan fingerprint density at radius 2 is 1.08 bits per heavy atom. The second-order valence-electron chi connectivity index (χ2n) is 12.1. The maximum atomic E-state index is 8.97. The lowest BCUT2D eigenvalue weighted by Gasteiger charge is -2.10. The topological polar surface area (TPSA) is 43.6 Å². The molecule has 10 rings (SSSR count).